The Balaban J connectivity index is 2.69. The van der Waals surface area contributed by atoms with Crippen LogP contribution in [0.3, 0.4) is 0 Å². The van der Waals surface area contributed by atoms with Gasteiger partial charge in [-0.3, -0.25) is 0 Å². The fourth-order valence-electron chi connectivity index (χ4n) is 0.848. The van der Waals surface area contributed by atoms with Crippen LogP contribution in [0.1, 0.15) is 5.56 Å². The molecule has 0 aliphatic rings. The summed E-state index contributed by atoms with van der Waals surface area (Å²) in [5, 5.41) is 0.0288. The summed E-state index contributed by atoms with van der Waals surface area (Å²) < 4.78 is 4.67. The maximum absolute atomic E-state index is 10.7. The fourth-order valence-corrected chi connectivity index (χ4v) is 1.05. The molecule has 0 fully saturated rings. The van der Waals surface area contributed by atoms with Gasteiger partial charge < -0.3 is 4.74 Å². The summed E-state index contributed by atoms with van der Waals surface area (Å²) in [6.45, 7) is 3.26. The van der Waals surface area contributed by atoms with Gasteiger partial charge in [-0.25, -0.2) is 4.79 Å². The van der Waals surface area contributed by atoms with Crippen molar-refractivity contribution in [3.63, 3.8) is 0 Å². The molecule has 0 aliphatic heterocycles. The van der Waals surface area contributed by atoms with E-state index >= 15 is 0 Å². The Kier molecular flexibility index (Phi) is 3.95. The van der Waals surface area contributed by atoms with Gasteiger partial charge in [-0.2, -0.15) is 0 Å². The first-order chi connectivity index (χ1) is 6.72. The number of ether oxygens (including phenoxy) is 1. The number of hydrogen-bond donors (Lipinski definition) is 0. The van der Waals surface area contributed by atoms with Crippen molar-refractivity contribution >= 4 is 23.6 Å². The van der Waals surface area contributed by atoms with Gasteiger partial charge in [0.2, 0.25) is 0 Å². The number of rotatable bonds is 3. The first-order valence-corrected chi connectivity index (χ1v) is 4.36. The van der Waals surface area contributed by atoms with Gasteiger partial charge in [-0.15, -0.1) is 0 Å². The van der Waals surface area contributed by atoms with E-state index < -0.39 is 5.97 Å². The first kappa shape index (κ1) is 10.5. The topological polar surface area (TPSA) is 26.3 Å². The molecule has 14 heavy (non-hydrogen) atoms. The summed E-state index contributed by atoms with van der Waals surface area (Å²) in [7, 11) is 0. The van der Waals surface area contributed by atoms with E-state index in [9.17, 15) is 4.79 Å². The van der Waals surface area contributed by atoms with Crippen molar-refractivity contribution in [1.82, 2.24) is 0 Å². The summed E-state index contributed by atoms with van der Waals surface area (Å²) in [6.07, 6.45) is 2.62. The van der Waals surface area contributed by atoms with Crippen LogP contribution in [0.25, 0.3) is 6.08 Å². The molecule has 0 amide bonds. The number of benzene rings is 1. The lowest BCUT2D eigenvalue weighted by Crippen LogP contribution is -1.95. The minimum absolute atomic E-state index is 0.0288. The largest absolute Gasteiger partial charge is 0.411 e. The van der Waals surface area contributed by atoms with Crippen molar-refractivity contribution in [2.24, 2.45) is 0 Å². The van der Waals surface area contributed by atoms with Crippen molar-refractivity contribution in [3.05, 3.63) is 53.8 Å². The second kappa shape index (κ2) is 5.25. The van der Waals surface area contributed by atoms with Crippen molar-refractivity contribution in [1.29, 1.82) is 0 Å². The zero-order valence-electron chi connectivity index (χ0n) is 7.44. The second-order valence-corrected chi connectivity index (χ2v) is 2.86. The third kappa shape index (κ3) is 3.46. The standard InChI is InChI=1S/C11H9ClO2/c1-2-11(13)14-10(12)8-9-6-4-3-5-7-9/h2-8H,1H2. The van der Waals surface area contributed by atoms with Crippen LogP contribution in [0.2, 0.25) is 0 Å². The number of hydrogen-bond acceptors (Lipinski definition) is 2. The van der Waals surface area contributed by atoms with Crippen LogP contribution in [0, 0.1) is 0 Å². The Labute approximate surface area is 87.5 Å². The fraction of sp³-hybridized carbons (Fsp3) is 0. The van der Waals surface area contributed by atoms with Gasteiger partial charge in [0.25, 0.3) is 0 Å². The molecule has 0 heterocycles. The van der Waals surface area contributed by atoms with E-state index in [1.54, 1.807) is 6.08 Å². The Bertz CT molecular complexity index is 355. The molecule has 0 unspecified atom stereocenters. The molecule has 0 bridgehead atoms. The van der Waals surface area contributed by atoms with Crippen LogP contribution < -0.4 is 0 Å². The monoisotopic (exact) mass is 208 g/mol. The van der Waals surface area contributed by atoms with Crippen LogP contribution in [0.4, 0.5) is 0 Å². The zero-order valence-corrected chi connectivity index (χ0v) is 8.20. The molecule has 0 saturated carbocycles. The SMILES string of the molecule is C=CC(=O)OC(Cl)=Cc1ccccc1. The summed E-state index contributed by atoms with van der Waals surface area (Å²) in [5.74, 6) is -0.567. The molecule has 0 aliphatic carbocycles. The molecule has 0 spiro atoms. The van der Waals surface area contributed by atoms with Gasteiger partial charge >= 0.3 is 5.97 Å². The van der Waals surface area contributed by atoms with Crippen molar-refractivity contribution in [3.8, 4) is 0 Å². The van der Waals surface area contributed by atoms with Crippen LogP contribution in [-0.4, -0.2) is 5.97 Å². The van der Waals surface area contributed by atoms with E-state index in [4.69, 9.17) is 11.6 Å². The molecule has 2 nitrogen and oxygen atoms in total. The van der Waals surface area contributed by atoms with Crippen LogP contribution >= 0.6 is 11.6 Å². The van der Waals surface area contributed by atoms with Crippen LogP contribution in [-0.2, 0) is 9.53 Å². The molecular weight excluding hydrogens is 200 g/mol. The second-order valence-electron chi connectivity index (χ2n) is 2.48. The summed E-state index contributed by atoms with van der Waals surface area (Å²) in [4.78, 5) is 10.7. The predicted molar refractivity (Wildman–Crippen MR) is 56.6 cm³/mol. The molecule has 1 aromatic rings. The average molecular weight is 209 g/mol. The molecular formula is C11H9ClO2. The summed E-state index contributed by atoms with van der Waals surface area (Å²) >= 11 is 5.66. The number of halogens is 1. The molecule has 72 valence electrons. The van der Waals surface area contributed by atoms with E-state index in [1.165, 1.54) is 0 Å². The quantitative estimate of drug-likeness (QED) is 0.434. The predicted octanol–water partition coefficient (Wildman–Crippen LogP) is 2.95. The number of esters is 1. The normalized spacial score (nSPS) is 10.8. The Morgan fingerprint density at radius 1 is 1.36 bits per heavy atom. The first-order valence-electron chi connectivity index (χ1n) is 3.99. The average Bonchev–Trinajstić information content (AvgIpc) is 2.19. The lowest BCUT2D eigenvalue weighted by molar-refractivity contribution is -0.132. The summed E-state index contributed by atoms with van der Waals surface area (Å²) in [5.41, 5.74) is 0.870. The Morgan fingerprint density at radius 3 is 2.57 bits per heavy atom. The number of carbonyl (C=O) groups is 1. The van der Waals surface area contributed by atoms with Gasteiger partial charge in [0.1, 0.15) is 0 Å². The molecule has 0 atom stereocenters. The molecule has 3 heteroatoms. The van der Waals surface area contributed by atoms with Gasteiger partial charge in [0.15, 0.2) is 5.22 Å². The van der Waals surface area contributed by atoms with E-state index in [0.29, 0.717) is 0 Å². The van der Waals surface area contributed by atoms with Gasteiger partial charge in [-0.05, 0) is 17.2 Å². The zero-order chi connectivity index (χ0) is 10.4. The Morgan fingerprint density at radius 2 is 2.00 bits per heavy atom. The third-order valence-corrected chi connectivity index (χ3v) is 1.63. The van der Waals surface area contributed by atoms with E-state index in [0.717, 1.165) is 11.6 Å². The molecule has 1 rings (SSSR count). The van der Waals surface area contributed by atoms with Crippen LogP contribution in [0.5, 0.6) is 0 Å². The van der Waals surface area contributed by atoms with Crippen molar-refractivity contribution < 1.29 is 9.53 Å². The molecule has 0 saturated heterocycles. The van der Waals surface area contributed by atoms with Crippen molar-refractivity contribution in [2.45, 2.75) is 0 Å². The molecule has 1 aromatic carbocycles. The van der Waals surface area contributed by atoms with Gasteiger partial charge in [-0.1, -0.05) is 36.9 Å². The molecule has 0 aromatic heterocycles. The highest BCUT2D eigenvalue weighted by atomic mass is 35.5. The van der Waals surface area contributed by atoms with E-state index in [1.807, 2.05) is 30.3 Å². The van der Waals surface area contributed by atoms with E-state index in [2.05, 4.69) is 11.3 Å². The number of carbonyl (C=O) groups excluding carboxylic acids is 1. The minimum Gasteiger partial charge on any atom is -0.411 e. The van der Waals surface area contributed by atoms with Gasteiger partial charge in [0, 0.05) is 12.2 Å². The minimum atomic E-state index is -0.567. The smallest absolute Gasteiger partial charge is 0.336 e. The van der Waals surface area contributed by atoms with Gasteiger partial charge in [0.05, 0.1) is 0 Å². The lowest BCUT2D eigenvalue weighted by atomic mass is 10.2. The molecule has 0 N–H and O–H groups in total. The van der Waals surface area contributed by atoms with Crippen molar-refractivity contribution in [2.75, 3.05) is 0 Å². The highest BCUT2D eigenvalue weighted by Gasteiger charge is 1.99. The molecule has 0 radical (unpaired) electrons. The van der Waals surface area contributed by atoms with Crippen LogP contribution in [0.15, 0.2) is 48.2 Å². The van der Waals surface area contributed by atoms with E-state index in [-0.39, 0.29) is 5.22 Å². The maximum atomic E-state index is 10.7. The highest BCUT2D eigenvalue weighted by molar-refractivity contribution is 6.30. The third-order valence-electron chi connectivity index (χ3n) is 1.44. The summed E-state index contributed by atoms with van der Waals surface area (Å²) in [6, 6.07) is 9.33. The maximum Gasteiger partial charge on any atom is 0.336 e. The lowest BCUT2D eigenvalue weighted by Gasteiger charge is -1.98. The highest BCUT2D eigenvalue weighted by Crippen LogP contribution is 2.11. The Hall–Kier alpha value is -1.54.